The lowest BCUT2D eigenvalue weighted by Gasteiger charge is -2.19. The minimum atomic E-state index is -0.865. The van der Waals surface area contributed by atoms with Crippen molar-refractivity contribution in [1.82, 2.24) is 5.32 Å². The zero-order valence-corrected chi connectivity index (χ0v) is 27.2. The molecular formula is C37H65NO4. The first-order chi connectivity index (χ1) is 20.6. The van der Waals surface area contributed by atoms with E-state index >= 15 is 0 Å². The first-order valence-electron chi connectivity index (χ1n) is 17.5. The Morgan fingerprint density at radius 1 is 0.690 bits per heavy atom. The molecule has 1 saturated heterocycles. The minimum Gasteiger partial charge on any atom is -0.394 e. The van der Waals surface area contributed by atoms with Crippen molar-refractivity contribution < 1.29 is 19.7 Å². The van der Waals surface area contributed by atoms with Crippen LogP contribution in [0.2, 0.25) is 0 Å². The molecule has 0 saturated carbocycles. The summed E-state index contributed by atoms with van der Waals surface area (Å²) < 4.78 is 5.75. The van der Waals surface area contributed by atoms with E-state index in [-0.39, 0.29) is 12.5 Å². The van der Waals surface area contributed by atoms with Crippen molar-refractivity contribution in [3.05, 3.63) is 48.6 Å². The second kappa shape index (κ2) is 28.1. The van der Waals surface area contributed by atoms with Crippen LogP contribution in [0.5, 0.6) is 0 Å². The monoisotopic (exact) mass is 587 g/mol. The fourth-order valence-electron chi connectivity index (χ4n) is 5.09. The van der Waals surface area contributed by atoms with E-state index in [4.69, 9.17) is 4.74 Å². The topological polar surface area (TPSA) is 82.1 Å². The molecule has 5 nitrogen and oxygen atoms in total. The maximum absolute atomic E-state index is 12.3. The molecule has 4 atom stereocenters. The van der Waals surface area contributed by atoms with Crippen molar-refractivity contribution in [3.8, 4) is 0 Å². The predicted octanol–water partition coefficient (Wildman–Crippen LogP) is 9.05. The van der Waals surface area contributed by atoms with Crippen molar-refractivity contribution in [2.45, 2.75) is 173 Å². The van der Waals surface area contributed by atoms with Crippen LogP contribution in [0.4, 0.5) is 0 Å². The van der Waals surface area contributed by atoms with Crippen LogP contribution in [0.1, 0.15) is 149 Å². The van der Waals surface area contributed by atoms with Crippen LogP contribution in [-0.2, 0) is 9.53 Å². The molecule has 1 rings (SSSR count). The molecule has 0 aromatic rings. The molecule has 1 aliphatic rings. The summed E-state index contributed by atoms with van der Waals surface area (Å²) in [6, 6.07) is -0.656. The number of hydrogen-bond acceptors (Lipinski definition) is 4. The second-order valence-corrected chi connectivity index (χ2v) is 12.0. The summed E-state index contributed by atoms with van der Waals surface area (Å²) in [5.74, 6) is -0.127. The number of unbranched alkanes of at least 4 members (excludes halogenated alkanes) is 14. The summed E-state index contributed by atoms with van der Waals surface area (Å²) in [5.41, 5.74) is 0. The van der Waals surface area contributed by atoms with Crippen molar-refractivity contribution in [2.24, 2.45) is 0 Å². The van der Waals surface area contributed by atoms with Crippen molar-refractivity contribution >= 4 is 5.91 Å². The molecule has 0 radical (unpaired) electrons. The molecule has 0 aliphatic carbocycles. The molecule has 42 heavy (non-hydrogen) atoms. The number of amides is 1. The molecule has 1 aliphatic heterocycles. The van der Waals surface area contributed by atoms with Crippen LogP contribution in [0, 0.1) is 0 Å². The number of rotatable bonds is 29. The van der Waals surface area contributed by atoms with Gasteiger partial charge < -0.3 is 20.3 Å². The molecule has 3 N–H and O–H groups in total. The van der Waals surface area contributed by atoms with Crippen LogP contribution in [-0.4, -0.2) is 47.1 Å². The highest BCUT2D eigenvalue weighted by atomic mass is 16.6. The summed E-state index contributed by atoms with van der Waals surface area (Å²) in [4.78, 5) is 12.3. The molecule has 0 spiro atoms. The Morgan fingerprint density at radius 3 is 1.86 bits per heavy atom. The van der Waals surface area contributed by atoms with E-state index in [1.807, 2.05) is 6.08 Å². The molecule has 1 amide bonds. The highest BCUT2D eigenvalue weighted by molar-refractivity contribution is 5.76. The zero-order chi connectivity index (χ0) is 30.5. The Hall–Kier alpha value is -1.69. The summed E-state index contributed by atoms with van der Waals surface area (Å²) >= 11 is 0. The van der Waals surface area contributed by atoms with Crippen LogP contribution < -0.4 is 5.32 Å². The third-order valence-corrected chi connectivity index (χ3v) is 7.96. The number of nitrogens with one attached hydrogen (secondary N) is 1. The Balaban J connectivity index is 2.02. The third kappa shape index (κ3) is 22.9. The number of carbonyl (C=O) groups excluding carboxylic acids is 1. The van der Waals surface area contributed by atoms with E-state index in [0.717, 1.165) is 44.9 Å². The van der Waals surface area contributed by atoms with Gasteiger partial charge in [0.15, 0.2) is 0 Å². The van der Waals surface area contributed by atoms with Crippen LogP contribution in [0.15, 0.2) is 48.6 Å². The largest absolute Gasteiger partial charge is 0.394 e. The summed E-state index contributed by atoms with van der Waals surface area (Å²) in [7, 11) is 0. The van der Waals surface area contributed by atoms with E-state index in [1.165, 1.54) is 83.5 Å². The Labute approximate surface area is 259 Å². The van der Waals surface area contributed by atoms with Gasteiger partial charge in [0, 0.05) is 6.42 Å². The number of aliphatic hydroxyl groups excluding tert-OH is 2. The lowest BCUT2D eigenvalue weighted by molar-refractivity contribution is -0.122. The smallest absolute Gasteiger partial charge is 0.220 e. The fourth-order valence-corrected chi connectivity index (χ4v) is 5.09. The lowest BCUT2D eigenvalue weighted by Crippen LogP contribution is -2.45. The minimum absolute atomic E-state index is 0.127. The van der Waals surface area contributed by atoms with Gasteiger partial charge in [-0.05, 0) is 57.8 Å². The maximum atomic E-state index is 12.3. The molecule has 1 fully saturated rings. The highest BCUT2D eigenvalue weighted by Crippen LogP contribution is 2.29. The SMILES string of the molecule is CCCCC/C=C\C/C=C\CC1OC1C/C=C\CCCC(=O)N[C@@H](CO)[C@H](O)/C=C/CCCCCCCCCCCC. The van der Waals surface area contributed by atoms with Gasteiger partial charge in [-0.3, -0.25) is 4.79 Å². The van der Waals surface area contributed by atoms with Gasteiger partial charge in [0.2, 0.25) is 5.91 Å². The van der Waals surface area contributed by atoms with E-state index < -0.39 is 12.1 Å². The van der Waals surface area contributed by atoms with Gasteiger partial charge in [-0.15, -0.1) is 0 Å². The van der Waals surface area contributed by atoms with Gasteiger partial charge in [0.05, 0.1) is 31.0 Å². The standard InChI is InChI=1S/C37H65NO4/c1-3-5-7-9-11-13-14-15-17-18-20-24-28-34(40)33(32-39)38-37(41)31-27-23-22-26-30-36-35(42-36)29-25-21-19-16-12-10-8-6-4-2/h12,16,21-22,24-26,28,33-36,39-40H,3-11,13-15,17-20,23,27,29-32H2,1-2H3,(H,38,41)/b16-12-,25-21-,26-22-,28-24+/t33-,34+,35?,36?/m0/s1. The Kier molecular flexibility index (Phi) is 25.6. The number of allylic oxidation sites excluding steroid dienone is 5. The number of carbonyl (C=O) groups is 1. The molecular weight excluding hydrogens is 522 g/mol. The van der Waals surface area contributed by atoms with E-state index in [9.17, 15) is 15.0 Å². The number of ether oxygens (including phenoxy) is 1. The normalized spacial score (nSPS) is 18.6. The van der Waals surface area contributed by atoms with Gasteiger partial charge in [-0.25, -0.2) is 0 Å². The number of aliphatic hydroxyl groups is 2. The molecule has 0 aromatic carbocycles. The summed E-state index contributed by atoms with van der Waals surface area (Å²) in [5, 5.41) is 22.8. The van der Waals surface area contributed by atoms with Gasteiger partial charge in [0.1, 0.15) is 0 Å². The Morgan fingerprint density at radius 2 is 1.19 bits per heavy atom. The maximum Gasteiger partial charge on any atom is 0.220 e. The molecule has 0 bridgehead atoms. The highest BCUT2D eigenvalue weighted by Gasteiger charge is 2.35. The van der Waals surface area contributed by atoms with Gasteiger partial charge >= 0.3 is 0 Å². The van der Waals surface area contributed by atoms with Crippen LogP contribution in [0.25, 0.3) is 0 Å². The molecule has 2 unspecified atom stereocenters. The fraction of sp³-hybridized carbons (Fsp3) is 0.757. The van der Waals surface area contributed by atoms with E-state index in [1.54, 1.807) is 6.08 Å². The quantitative estimate of drug-likeness (QED) is 0.0463. The first-order valence-corrected chi connectivity index (χ1v) is 17.5. The average molecular weight is 588 g/mol. The molecule has 5 heteroatoms. The predicted molar refractivity (Wildman–Crippen MR) is 179 cm³/mol. The summed E-state index contributed by atoms with van der Waals surface area (Å²) in [6.45, 7) is 4.21. The van der Waals surface area contributed by atoms with E-state index in [0.29, 0.717) is 18.6 Å². The summed E-state index contributed by atoms with van der Waals surface area (Å²) in [6.07, 6.45) is 40.7. The lowest BCUT2D eigenvalue weighted by atomic mass is 10.1. The zero-order valence-electron chi connectivity index (χ0n) is 27.2. The Bertz CT molecular complexity index is 744. The molecule has 242 valence electrons. The van der Waals surface area contributed by atoms with Gasteiger partial charge in [-0.2, -0.15) is 0 Å². The molecule has 1 heterocycles. The van der Waals surface area contributed by atoms with E-state index in [2.05, 4.69) is 55.6 Å². The molecule has 0 aromatic heterocycles. The van der Waals surface area contributed by atoms with Crippen LogP contribution in [0.3, 0.4) is 0 Å². The average Bonchev–Trinajstić information content (AvgIpc) is 3.75. The first kappa shape index (κ1) is 38.3. The van der Waals surface area contributed by atoms with Crippen LogP contribution >= 0.6 is 0 Å². The second-order valence-electron chi connectivity index (χ2n) is 12.0. The number of hydrogen-bond donors (Lipinski definition) is 3. The van der Waals surface area contributed by atoms with Crippen molar-refractivity contribution in [1.29, 1.82) is 0 Å². The van der Waals surface area contributed by atoms with Gasteiger partial charge in [-0.1, -0.05) is 133 Å². The third-order valence-electron chi connectivity index (χ3n) is 7.96. The number of epoxide rings is 1. The van der Waals surface area contributed by atoms with Gasteiger partial charge in [0.25, 0.3) is 0 Å². The van der Waals surface area contributed by atoms with Crippen molar-refractivity contribution in [2.75, 3.05) is 6.61 Å². The van der Waals surface area contributed by atoms with Crippen molar-refractivity contribution in [3.63, 3.8) is 0 Å².